The predicted octanol–water partition coefficient (Wildman–Crippen LogP) is 5.52. The molecule has 0 amide bonds. The van der Waals surface area contributed by atoms with Crippen molar-refractivity contribution < 1.29 is 0 Å². The molecule has 3 unspecified atom stereocenters. The molecule has 0 heterocycles. The lowest BCUT2D eigenvalue weighted by Crippen LogP contribution is -2.32. The molecule has 0 heteroatoms. The minimum absolute atomic E-state index is 0.470. The molecule has 0 saturated heterocycles. The quantitative estimate of drug-likeness (QED) is 0.576. The Morgan fingerprint density at radius 3 is 2.00 bits per heavy atom. The Bertz CT molecular complexity index is 195. The Morgan fingerprint density at radius 1 is 1.12 bits per heavy atom. The van der Waals surface area contributed by atoms with Gasteiger partial charge in [0.05, 0.1) is 0 Å². The Balaban J connectivity index is 2.61. The maximum Gasteiger partial charge on any atom is -0.0354 e. The molecule has 0 spiro atoms. The molecule has 0 aliphatic heterocycles. The van der Waals surface area contributed by atoms with E-state index in [0.717, 1.165) is 23.7 Å². The summed E-state index contributed by atoms with van der Waals surface area (Å²) in [7, 11) is 0. The van der Waals surface area contributed by atoms with Crippen molar-refractivity contribution in [1.82, 2.24) is 0 Å². The van der Waals surface area contributed by atoms with Crippen LogP contribution in [-0.4, -0.2) is 0 Å². The maximum absolute atomic E-state index is 2.48. The third kappa shape index (κ3) is 3.50. The fourth-order valence-electron chi connectivity index (χ4n) is 2.99. The zero-order valence-electron chi connectivity index (χ0n) is 12.3. The van der Waals surface area contributed by atoms with Crippen LogP contribution in [0.1, 0.15) is 73.6 Å². The van der Waals surface area contributed by atoms with Gasteiger partial charge in [-0.15, -0.1) is 0 Å². The molecule has 1 rings (SSSR count). The minimum Gasteiger partial charge on any atom is -0.0651 e. The third-order valence-electron chi connectivity index (χ3n) is 5.21. The van der Waals surface area contributed by atoms with Crippen LogP contribution < -0.4 is 0 Å². The average Bonchev–Trinajstić information content (AvgIpc) is 2.13. The summed E-state index contributed by atoms with van der Waals surface area (Å²) in [5, 5.41) is 0. The third-order valence-corrected chi connectivity index (χ3v) is 5.21. The van der Waals surface area contributed by atoms with Gasteiger partial charge in [0.25, 0.3) is 0 Å². The molecule has 1 aliphatic rings. The SMILES string of the molecule is CCC(C)C(CC1CCC1)C(C)C(C)(C)C. The van der Waals surface area contributed by atoms with Crippen LogP contribution >= 0.6 is 0 Å². The molecule has 0 radical (unpaired) electrons. The van der Waals surface area contributed by atoms with Gasteiger partial charge in [0.1, 0.15) is 0 Å². The molecule has 0 N–H and O–H groups in total. The van der Waals surface area contributed by atoms with Crippen molar-refractivity contribution in [3.05, 3.63) is 0 Å². The first-order chi connectivity index (χ1) is 7.36. The van der Waals surface area contributed by atoms with E-state index >= 15 is 0 Å². The standard InChI is InChI=1S/C16H32/c1-7-12(2)15(11-14-9-8-10-14)13(3)16(4,5)6/h12-15H,7-11H2,1-6H3. The van der Waals surface area contributed by atoms with Crippen LogP contribution in [0.2, 0.25) is 0 Å². The molecule has 1 fully saturated rings. The zero-order chi connectivity index (χ0) is 12.3. The van der Waals surface area contributed by atoms with Crippen molar-refractivity contribution in [2.45, 2.75) is 73.6 Å². The first-order valence-corrected chi connectivity index (χ1v) is 7.36. The lowest BCUT2D eigenvalue weighted by molar-refractivity contribution is 0.0894. The van der Waals surface area contributed by atoms with Crippen molar-refractivity contribution >= 4 is 0 Å². The van der Waals surface area contributed by atoms with Crippen molar-refractivity contribution in [2.24, 2.45) is 29.1 Å². The molecular formula is C16H32. The van der Waals surface area contributed by atoms with E-state index in [1.807, 2.05) is 0 Å². The van der Waals surface area contributed by atoms with Crippen molar-refractivity contribution in [3.8, 4) is 0 Å². The van der Waals surface area contributed by atoms with Gasteiger partial charge in [0.15, 0.2) is 0 Å². The van der Waals surface area contributed by atoms with E-state index in [9.17, 15) is 0 Å². The largest absolute Gasteiger partial charge is 0.0651 e. The predicted molar refractivity (Wildman–Crippen MR) is 73.5 cm³/mol. The molecule has 0 aromatic heterocycles. The Hall–Kier alpha value is 0. The second-order valence-corrected chi connectivity index (χ2v) is 7.24. The van der Waals surface area contributed by atoms with Crippen LogP contribution in [0.25, 0.3) is 0 Å². The van der Waals surface area contributed by atoms with Gasteiger partial charge in [-0.1, -0.05) is 67.2 Å². The minimum atomic E-state index is 0.470. The van der Waals surface area contributed by atoms with Gasteiger partial charge < -0.3 is 0 Å². The van der Waals surface area contributed by atoms with Crippen LogP contribution in [0.5, 0.6) is 0 Å². The maximum atomic E-state index is 2.48. The lowest BCUT2D eigenvalue weighted by Gasteiger charge is -2.41. The van der Waals surface area contributed by atoms with Gasteiger partial charge in [-0.2, -0.15) is 0 Å². The highest BCUT2D eigenvalue weighted by molar-refractivity contribution is 4.84. The van der Waals surface area contributed by atoms with E-state index in [4.69, 9.17) is 0 Å². The summed E-state index contributed by atoms with van der Waals surface area (Å²) in [5.41, 5.74) is 0.470. The van der Waals surface area contributed by atoms with Crippen LogP contribution in [0.4, 0.5) is 0 Å². The van der Waals surface area contributed by atoms with E-state index in [-0.39, 0.29) is 0 Å². The van der Waals surface area contributed by atoms with E-state index in [1.54, 1.807) is 0 Å². The first kappa shape index (κ1) is 14.1. The van der Waals surface area contributed by atoms with Crippen LogP contribution in [0, 0.1) is 29.1 Å². The molecule has 0 aromatic carbocycles. The highest BCUT2D eigenvalue weighted by Crippen LogP contribution is 2.43. The molecule has 0 bridgehead atoms. The van der Waals surface area contributed by atoms with Crippen molar-refractivity contribution in [2.75, 3.05) is 0 Å². The molecule has 3 atom stereocenters. The van der Waals surface area contributed by atoms with Gasteiger partial charge in [-0.25, -0.2) is 0 Å². The van der Waals surface area contributed by atoms with Gasteiger partial charge >= 0.3 is 0 Å². The number of hydrogen-bond acceptors (Lipinski definition) is 0. The van der Waals surface area contributed by atoms with Crippen LogP contribution in [0.3, 0.4) is 0 Å². The van der Waals surface area contributed by atoms with E-state index in [0.29, 0.717) is 5.41 Å². The van der Waals surface area contributed by atoms with Gasteiger partial charge in [0, 0.05) is 0 Å². The fraction of sp³-hybridized carbons (Fsp3) is 1.00. The average molecular weight is 224 g/mol. The molecule has 1 saturated carbocycles. The summed E-state index contributed by atoms with van der Waals surface area (Å²) in [6.07, 6.45) is 7.33. The molecule has 1 aliphatic carbocycles. The molecule has 0 nitrogen and oxygen atoms in total. The summed E-state index contributed by atoms with van der Waals surface area (Å²) in [5.74, 6) is 3.75. The summed E-state index contributed by atoms with van der Waals surface area (Å²) >= 11 is 0. The summed E-state index contributed by atoms with van der Waals surface area (Å²) in [4.78, 5) is 0. The van der Waals surface area contributed by atoms with Crippen molar-refractivity contribution in [1.29, 1.82) is 0 Å². The van der Waals surface area contributed by atoms with Crippen LogP contribution in [0.15, 0.2) is 0 Å². The monoisotopic (exact) mass is 224 g/mol. The van der Waals surface area contributed by atoms with Crippen molar-refractivity contribution in [3.63, 3.8) is 0 Å². The smallest absolute Gasteiger partial charge is 0.0354 e. The number of rotatable bonds is 5. The fourth-order valence-corrected chi connectivity index (χ4v) is 2.99. The topological polar surface area (TPSA) is 0 Å². The number of hydrogen-bond donors (Lipinski definition) is 0. The molecular weight excluding hydrogens is 192 g/mol. The Kier molecular flexibility index (Phi) is 4.88. The molecule has 0 aromatic rings. The van der Waals surface area contributed by atoms with E-state index in [1.165, 1.54) is 32.1 Å². The second-order valence-electron chi connectivity index (χ2n) is 7.24. The Morgan fingerprint density at radius 2 is 1.69 bits per heavy atom. The second kappa shape index (κ2) is 5.56. The van der Waals surface area contributed by atoms with E-state index in [2.05, 4.69) is 41.5 Å². The Labute approximate surface area is 103 Å². The normalized spacial score (nSPS) is 23.6. The van der Waals surface area contributed by atoms with Gasteiger partial charge in [-0.3, -0.25) is 0 Å². The van der Waals surface area contributed by atoms with Gasteiger partial charge in [-0.05, 0) is 35.5 Å². The highest BCUT2D eigenvalue weighted by Gasteiger charge is 2.33. The van der Waals surface area contributed by atoms with Crippen LogP contribution in [-0.2, 0) is 0 Å². The molecule has 96 valence electrons. The first-order valence-electron chi connectivity index (χ1n) is 7.36. The lowest BCUT2D eigenvalue weighted by atomic mass is 9.64. The van der Waals surface area contributed by atoms with Gasteiger partial charge in [0.2, 0.25) is 0 Å². The summed E-state index contributed by atoms with van der Waals surface area (Å²) in [6, 6.07) is 0. The summed E-state index contributed by atoms with van der Waals surface area (Å²) in [6.45, 7) is 14.5. The summed E-state index contributed by atoms with van der Waals surface area (Å²) < 4.78 is 0. The zero-order valence-corrected chi connectivity index (χ0v) is 12.3. The van der Waals surface area contributed by atoms with E-state index < -0.39 is 0 Å². The molecule has 16 heavy (non-hydrogen) atoms. The highest BCUT2D eigenvalue weighted by atomic mass is 14.4.